The predicted molar refractivity (Wildman–Crippen MR) is 61.5 cm³/mol. The molecule has 2 rings (SSSR count). The van der Waals surface area contributed by atoms with Crippen molar-refractivity contribution in [1.82, 2.24) is 0 Å². The number of hydrogen-bond donors (Lipinski definition) is 1. The van der Waals surface area contributed by atoms with Crippen molar-refractivity contribution in [2.45, 2.75) is 27.6 Å². The van der Waals surface area contributed by atoms with Crippen LogP contribution in [0.1, 0.15) is 0 Å². The van der Waals surface area contributed by atoms with E-state index >= 15 is 0 Å². The van der Waals surface area contributed by atoms with Gasteiger partial charge in [-0.15, -0.1) is 0 Å². The van der Waals surface area contributed by atoms with Crippen molar-refractivity contribution in [2.24, 2.45) is 5.92 Å². The summed E-state index contributed by atoms with van der Waals surface area (Å²) in [5, 5.41) is 20.9. The monoisotopic (exact) mass is 373 g/mol. The molecule has 17 heavy (non-hydrogen) atoms. The van der Waals surface area contributed by atoms with Crippen molar-refractivity contribution in [3.05, 3.63) is 10.1 Å². The molecule has 7 nitrogen and oxygen atoms in total. The Morgan fingerprint density at radius 1 is 1.65 bits per heavy atom. The molecular formula is C8H9Br2NO6. The molecule has 0 saturated carbocycles. The van der Waals surface area contributed by atoms with Crippen LogP contribution >= 0.6 is 31.9 Å². The number of ether oxygens (including phenoxy) is 2. The maximum Gasteiger partial charge on any atom is 0.319 e. The first kappa shape index (κ1) is 13.2. The highest BCUT2D eigenvalue weighted by molar-refractivity contribution is 9.10. The zero-order chi connectivity index (χ0) is 13.0. The van der Waals surface area contributed by atoms with Gasteiger partial charge in [0.15, 0.2) is 12.0 Å². The Morgan fingerprint density at radius 3 is 2.71 bits per heavy atom. The lowest BCUT2D eigenvalue weighted by molar-refractivity contribution is -0.548. The smallest absolute Gasteiger partial charge is 0.319 e. The van der Waals surface area contributed by atoms with E-state index in [-0.39, 0.29) is 0 Å². The van der Waals surface area contributed by atoms with Crippen LogP contribution in [0.25, 0.3) is 0 Å². The number of nitrogens with zero attached hydrogens (tertiary/aromatic N) is 1. The van der Waals surface area contributed by atoms with Crippen LogP contribution in [-0.2, 0) is 14.3 Å². The number of carbonyl (C=O) groups excluding carboxylic acids is 1. The molecule has 0 aromatic carbocycles. The number of halogens is 2. The highest BCUT2D eigenvalue weighted by Crippen LogP contribution is 2.53. The Balaban J connectivity index is 2.43. The summed E-state index contributed by atoms with van der Waals surface area (Å²) in [6, 6.07) is 0. The minimum atomic E-state index is -1.84. The van der Waals surface area contributed by atoms with Crippen LogP contribution in [0, 0.1) is 16.0 Å². The third kappa shape index (κ3) is 1.56. The average molecular weight is 375 g/mol. The molecule has 96 valence electrons. The molecule has 0 spiro atoms. The second kappa shape index (κ2) is 4.15. The minimum absolute atomic E-state index is 0.526. The Kier molecular flexibility index (Phi) is 3.22. The van der Waals surface area contributed by atoms with E-state index in [4.69, 9.17) is 4.74 Å². The SMILES string of the molecule is COC(=O)C1C2OC(C(O)C2Br)C1(Br)[N+](=O)[O-]. The number of methoxy groups -OCH3 is 1. The highest BCUT2D eigenvalue weighted by atomic mass is 79.9. The van der Waals surface area contributed by atoms with Gasteiger partial charge in [0.1, 0.15) is 6.10 Å². The molecule has 0 amide bonds. The van der Waals surface area contributed by atoms with Crippen molar-refractivity contribution in [3.8, 4) is 0 Å². The lowest BCUT2D eigenvalue weighted by Crippen LogP contribution is -2.59. The highest BCUT2D eigenvalue weighted by Gasteiger charge is 2.76. The molecule has 0 radical (unpaired) electrons. The minimum Gasteiger partial charge on any atom is -0.468 e. The maximum absolute atomic E-state index is 11.6. The van der Waals surface area contributed by atoms with Crippen molar-refractivity contribution in [3.63, 3.8) is 0 Å². The summed E-state index contributed by atoms with van der Waals surface area (Å²) in [5.74, 6) is -1.83. The second-order valence-electron chi connectivity index (χ2n) is 3.94. The number of hydrogen-bond acceptors (Lipinski definition) is 6. The number of alkyl halides is 2. The topological polar surface area (TPSA) is 98.9 Å². The van der Waals surface area contributed by atoms with E-state index < -0.39 is 44.4 Å². The molecule has 9 heteroatoms. The van der Waals surface area contributed by atoms with E-state index in [2.05, 4.69) is 36.6 Å². The second-order valence-corrected chi connectivity index (χ2v) is 6.27. The fraction of sp³-hybridized carbons (Fsp3) is 0.875. The van der Waals surface area contributed by atoms with Crippen LogP contribution in [-0.4, -0.2) is 50.7 Å². The third-order valence-electron chi connectivity index (χ3n) is 3.15. The summed E-state index contributed by atoms with van der Waals surface area (Å²) in [6.07, 6.45) is -2.92. The molecule has 0 aromatic heterocycles. The van der Waals surface area contributed by atoms with E-state index in [1.807, 2.05) is 0 Å². The van der Waals surface area contributed by atoms with Gasteiger partial charge in [0.2, 0.25) is 0 Å². The number of aliphatic hydroxyl groups is 1. The first-order valence-corrected chi connectivity index (χ1v) is 6.45. The van der Waals surface area contributed by atoms with E-state index in [0.29, 0.717) is 0 Å². The summed E-state index contributed by atoms with van der Waals surface area (Å²) in [5.41, 5.74) is 0. The van der Waals surface area contributed by atoms with Gasteiger partial charge < -0.3 is 14.6 Å². The van der Waals surface area contributed by atoms with Gasteiger partial charge in [-0.3, -0.25) is 14.9 Å². The van der Waals surface area contributed by atoms with Crippen LogP contribution in [0.4, 0.5) is 0 Å². The summed E-state index contributed by atoms with van der Waals surface area (Å²) >= 11 is 6.11. The van der Waals surface area contributed by atoms with Gasteiger partial charge in [0.05, 0.1) is 18.0 Å². The molecule has 2 heterocycles. The van der Waals surface area contributed by atoms with E-state index in [1.54, 1.807) is 0 Å². The average Bonchev–Trinajstić information content (AvgIpc) is 2.74. The Labute approximate surface area is 113 Å². The fourth-order valence-corrected chi connectivity index (χ4v) is 3.87. The van der Waals surface area contributed by atoms with Gasteiger partial charge >= 0.3 is 10.4 Å². The van der Waals surface area contributed by atoms with Gasteiger partial charge in [0.25, 0.3) is 0 Å². The molecule has 6 atom stereocenters. The zero-order valence-corrected chi connectivity index (χ0v) is 11.8. The molecular weight excluding hydrogens is 366 g/mol. The maximum atomic E-state index is 11.6. The summed E-state index contributed by atoms with van der Waals surface area (Å²) in [6.45, 7) is 0. The van der Waals surface area contributed by atoms with E-state index in [1.165, 1.54) is 0 Å². The molecule has 2 saturated heterocycles. The number of carbonyl (C=O) groups is 1. The lowest BCUT2D eigenvalue weighted by atomic mass is 9.83. The van der Waals surface area contributed by atoms with Crippen molar-refractivity contribution in [2.75, 3.05) is 7.11 Å². The number of aliphatic hydroxyl groups excluding tert-OH is 1. The van der Waals surface area contributed by atoms with Gasteiger partial charge in [-0.05, 0) is 0 Å². The van der Waals surface area contributed by atoms with Gasteiger partial charge in [-0.1, -0.05) is 15.9 Å². The van der Waals surface area contributed by atoms with Crippen molar-refractivity contribution >= 4 is 37.8 Å². The molecule has 0 aliphatic carbocycles. The first-order chi connectivity index (χ1) is 7.85. The van der Waals surface area contributed by atoms with Gasteiger partial charge in [-0.25, -0.2) is 0 Å². The van der Waals surface area contributed by atoms with Crippen LogP contribution in [0.5, 0.6) is 0 Å². The third-order valence-corrected chi connectivity index (χ3v) is 5.45. The van der Waals surface area contributed by atoms with E-state index in [0.717, 1.165) is 7.11 Å². The van der Waals surface area contributed by atoms with Gasteiger partial charge in [0, 0.05) is 20.9 Å². The van der Waals surface area contributed by atoms with Gasteiger partial charge in [-0.2, -0.15) is 0 Å². The number of rotatable bonds is 2. The largest absolute Gasteiger partial charge is 0.468 e. The zero-order valence-electron chi connectivity index (χ0n) is 8.58. The standard InChI is InChI=1S/C8H9Br2NO6/c1-16-7(13)2-5-3(9)4(12)6(17-5)8(2,10)11(14)15/h2-6,12H,1H3. The lowest BCUT2D eigenvalue weighted by Gasteiger charge is -2.32. The molecule has 2 fully saturated rings. The van der Waals surface area contributed by atoms with Crippen molar-refractivity contribution < 1.29 is 24.3 Å². The summed E-state index contributed by atoms with van der Waals surface area (Å²) in [7, 11) is 1.15. The quantitative estimate of drug-likeness (QED) is 0.241. The normalized spacial score (nSPS) is 48.1. The molecule has 0 aromatic rings. The fourth-order valence-electron chi connectivity index (χ4n) is 2.33. The Morgan fingerprint density at radius 2 is 2.24 bits per heavy atom. The summed E-state index contributed by atoms with van der Waals surface area (Å²) < 4.78 is 8.04. The number of esters is 1. The van der Waals surface area contributed by atoms with Crippen LogP contribution in [0.15, 0.2) is 0 Å². The van der Waals surface area contributed by atoms with Crippen LogP contribution in [0.2, 0.25) is 0 Å². The van der Waals surface area contributed by atoms with E-state index in [9.17, 15) is 20.0 Å². The molecule has 2 aliphatic rings. The number of nitro groups is 1. The molecule has 2 aliphatic heterocycles. The Bertz CT molecular complexity index is 379. The molecule has 2 bridgehead atoms. The number of fused-ring (bicyclic) bond motifs is 2. The summed E-state index contributed by atoms with van der Waals surface area (Å²) in [4.78, 5) is 21.6. The van der Waals surface area contributed by atoms with Crippen molar-refractivity contribution in [1.29, 1.82) is 0 Å². The molecule has 1 N–H and O–H groups in total. The first-order valence-electron chi connectivity index (χ1n) is 4.74. The Hall–Kier alpha value is -0.250. The predicted octanol–water partition coefficient (Wildman–Crippen LogP) is 0.0489. The molecule has 6 unspecified atom stereocenters. The van der Waals surface area contributed by atoms with Crippen LogP contribution < -0.4 is 0 Å². The van der Waals surface area contributed by atoms with Crippen LogP contribution in [0.3, 0.4) is 0 Å².